The summed E-state index contributed by atoms with van der Waals surface area (Å²) in [6, 6.07) is 11.0. The molecule has 0 aliphatic carbocycles. The Morgan fingerprint density at radius 1 is 1.28 bits per heavy atom. The van der Waals surface area contributed by atoms with E-state index < -0.39 is 0 Å². The van der Waals surface area contributed by atoms with Gasteiger partial charge in [0.15, 0.2) is 0 Å². The van der Waals surface area contributed by atoms with Crippen LogP contribution in [0.25, 0.3) is 0 Å². The number of amides is 1. The molecule has 0 aliphatic heterocycles. The predicted molar refractivity (Wildman–Crippen MR) is 74.2 cm³/mol. The molecule has 0 atom stereocenters. The minimum Gasteiger partial charge on any atom is -0.326 e. The minimum absolute atomic E-state index is 0.261. The van der Waals surface area contributed by atoms with Crippen molar-refractivity contribution in [1.29, 1.82) is 0 Å². The highest BCUT2D eigenvalue weighted by Crippen LogP contribution is 2.18. The Labute approximate surface area is 113 Å². The number of carbonyl (C=O) groups is 1. The highest BCUT2D eigenvalue weighted by atomic mass is 79.9. The van der Waals surface area contributed by atoms with Gasteiger partial charge in [-0.15, -0.1) is 0 Å². The molecule has 0 aliphatic rings. The van der Waals surface area contributed by atoms with Crippen LogP contribution in [-0.4, -0.2) is 10.9 Å². The molecule has 1 amide bonds. The third-order valence-corrected chi connectivity index (χ3v) is 3.10. The lowest BCUT2D eigenvalue weighted by atomic mass is 10.1. The Morgan fingerprint density at radius 3 is 2.78 bits per heavy atom. The molecule has 0 saturated carbocycles. The van der Waals surface area contributed by atoms with Crippen LogP contribution < -0.4 is 11.1 Å². The van der Waals surface area contributed by atoms with E-state index in [1.807, 2.05) is 24.3 Å². The summed E-state index contributed by atoms with van der Waals surface area (Å²) in [4.78, 5) is 16.1. The van der Waals surface area contributed by atoms with Crippen LogP contribution in [-0.2, 0) is 6.54 Å². The SMILES string of the molecule is NCc1ccccc1NC(=O)c1ncccc1Br. The smallest absolute Gasteiger partial charge is 0.275 e. The molecule has 18 heavy (non-hydrogen) atoms. The van der Waals surface area contributed by atoms with Crippen molar-refractivity contribution in [2.24, 2.45) is 5.73 Å². The van der Waals surface area contributed by atoms with E-state index in [4.69, 9.17) is 5.73 Å². The monoisotopic (exact) mass is 305 g/mol. The number of anilines is 1. The van der Waals surface area contributed by atoms with Crippen molar-refractivity contribution >= 4 is 27.5 Å². The van der Waals surface area contributed by atoms with Gasteiger partial charge < -0.3 is 11.1 Å². The minimum atomic E-state index is -0.261. The lowest BCUT2D eigenvalue weighted by Gasteiger charge is -2.09. The summed E-state index contributed by atoms with van der Waals surface area (Å²) in [5.41, 5.74) is 7.57. The van der Waals surface area contributed by atoms with Crippen molar-refractivity contribution in [1.82, 2.24) is 4.98 Å². The molecule has 1 heterocycles. The van der Waals surface area contributed by atoms with E-state index >= 15 is 0 Å². The predicted octanol–water partition coefficient (Wildman–Crippen LogP) is 2.56. The highest BCUT2D eigenvalue weighted by Gasteiger charge is 2.12. The summed E-state index contributed by atoms with van der Waals surface area (Å²) in [6.07, 6.45) is 1.58. The third-order valence-electron chi connectivity index (χ3n) is 2.46. The van der Waals surface area contributed by atoms with Gasteiger partial charge in [-0.3, -0.25) is 4.79 Å². The molecule has 5 heteroatoms. The first-order valence-corrected chi connectivity index (χ1v) is 6.21. The Morgan fingerprint density at radius 2 is 2.06 bits per heavy atom. The summed E-state index contributed by atoms with van der Waals surface area (Å²) in [5.74, 6) is -0.261. The van der Waals surface area contributed by atoms with Gasteiger partial charge in [-0.05, 0) is 39.7 Å². The molecule has 3 N–H and O–H groups in total. The lowest BCUT2D eigenvalue weighted by Crippen LogP contribution is -2.16. The zero-order valence-electron chi connectivity index (χ0n) is 9.56. The Balaban J connectivity index is 2.24. The first-order chi connectivity index (χ1) is 8.72. The molecule has 92 valence electrons. The molecular weight excluding hydrogens is 294 g/mol. The average Bonchev–Trinajstić information content (AvgIpc) is 2.39. The van der Waals surface area contributed by atoms with Crippen molar-refractivity contribution in [3.63, 3.8) is 0 Å². The Kier molecular flexibility index (Phi) is 4.07. The van der Waals surface area contributed by atoms with Gasteiger partial charge in [0.2, 0.25) is 0 Å². The van der Waals surface area contributed by atoms with Crippen LogP contribution >= 0.6 is 15.9 Å². The molecule has 2 aromatic rings. The average molecular weight is 306 g/mol. The molecule has 0 radical (unpaired) electrons. The van der Waals surface area contributed by atoms with Crippen molar-refractivity contribution in [3.05, 3.63) is 58.3 Å². The molecule has 0 fully saturated rings. The van der Waals surface area contributed by atoms with Gasteiger partial charge in [0, 0.05) is 22.9 Å². The highest BCUT2D eigenvalue weighted by molar-refractivity contribution is 9.10. The number of pyridine rings is 1. The van der Waals surface area contributed by atoms with Crippen LogP contribution in [0.1, 0.15) is 16.1 Å². The Bertz CT molecular complexity index is 572. The second-order valence-electron chi connectivity index (χ2n) is 3.65. The molecule has 0 bridgehead atoms. The van der Waals surface area contributed by atoms with Gasteiger partial charge in [-0.1, -0.05) is 18.2 Å². The normalized spacial score (nSPS) is 10.1. The van der Waals surface area contributed by atoms with Crippen molar-refractivity contribution in [2.45, 2.75) is 6.54 Å². The quantitative estimate of drug-likeness (QED) is 0.915. The zero-order valence-corrected chi connectivity index (χ0v) is 11.1. The number of aromatic nitrogens is 1. The molecule has 2 rings (SSSR count). The summed E-state index contributed by atoms with van der Waals surface area (Å²) in [5, 5.41) is 2.81. The third kappa shape index (κ3) is 2.75. The number of hydrogen-bond donors (Lipinski definition) is 2. The topological polar surface area (TPSA) is 68.0 Å². The largest absolute Gasteiger partial charge is 0.326 e. The number of para-hydroxylation sites is 1. The van der Waals surface area contributed by atoms with Crippen LogP contribution in [0.3, 0.4) is 0 Å². The van der Waals surface area contributed by atoms with Crippen molar-refractivity contribution < 1.29 is 4.79 Å². The van der Waals surface area contributed by atoms with E-state index in [-0.39, 0.29) is 5.91 Å². The molecule has 4 nitrogen and oxygen atoms in total. The molecule has 1 aromatic heterocycles. The van der Waals surface area contributed by atoms with Crippen LogP contribution in [0.15, 0.2) is 47.1 Å². The first-order valence-electron chi connectivity index (χ1n) is 5.42. The number of nitrogens with one attached hydrogen (secondary N) is 1. The van der Waals surface area contributed by atoms with Crippen LogP contribution in [0, 0.1) is 0 Å². The maximum Gasteiger partial charge on any atom is 0.275 e. The first kappa shape index (κ1) is 12.7. The fourth-order valence-electron chi connectivity index (χ4n) is 1.55. The van der Waals surface area contributed by atoms with Crippen molar-refractivity contribution in [3.8, 4) is 0 Å². The van der Waals surface area contributed by atoms with Gasteiger partial charge in [0.05, 0.1) is 0 Å². The van der Waals surface area contributed by atoms with Gasteiger partial charge in [-0.25, -0.2) is 4.98 Å². The van der Waals surface area contributed by atoms with E-state index in [2.05, 4.69) is 26.2 Å². The zero-order chi connectivity index (χ0) is 13.0. The molecule has 0 saturated heterocycles. The number of nitrogens with zero attached hydrogens (tertiary/aromatic N) is 1. The number of hydrogen-bond acceptors (Lipinski definition) is 3. The lowest BCUT2D eigenvalue weighted by molar-refractivity contribution is 0.102. The van der Waals surface area contributed by atoms with Gasteiger partial charge in [0.1, 0.15) is 5.69 Å². The summed E-state index contributed by atoms with van der Waals surface area (Å²) in [7, 11) is 0. The van der Waals surface area contributed by atoms with Crippen LogP contribution in [0.2, 0.25) is 0 Å². The van der Waals surface area contributed by atoms with Gasteiger partial charge in [0.25, 0.3) is 5.91 Å². The van der Waals surface area contributed by atoms with Crippen LogP contribution in [0.5, 0.6) is 0 Å². The second-order valence-corrected chi connectivity index (χ2v) is 4.50. The van der Waals surface area contributed by atoms with Crippen molar-refractivity contribution in [2.75, 3.05) is 5.32 Å². The molecule has 0 spiro atoms. The standard InChI is InChI=1S/C13H12BrN3O/c14-10-5-3-7-16-12(10)13(18)17-11-6-2-1-4-9(11)8-15/h1-7H,8,15H2,(H,17,18). The number of halogens is 1. The number of rotatable bonds is 3. The number of carbonyl (C=O) groups excluding carboxylic acids is 1. The summed E-state index contributed by atoms with van der Waals surface area (Å²) >= 11 is 3.30. The maximum absolute atomic E-state index is 12.1. The maximum atomic E-state index is 12.1. The van der Waals surface area contributed by atoms with E-state index in [1.54, 1.807) is 18.3 Å². The summed E-state index contributed by atoms with van der Waals surface area (Å²) < 4.78 is 0.660. The van der Waals surface area contributed by atoms with E-state index in [0.717, 1.165) is 5.56 Å². The fourth-order valence-corrected chi connectivity index (χ4v) is 1.99. The molecule has 1 aromatic carbocycles. The second kappa shape index (κ2) is 5.75. The van der Waals surface area contributed by atoms with Gasteiger partial charge >= 0.3 is 0 Å². The van der Waals surface area contributed by atoms with E-state index in [9.17, 15) is 4.79 Å². The summed E-state index contributed by atoms with van der Waals surface area (Å²) in [6.45, 7) is 0.375. The van der Waals surface area contributed by atoms with E-state index in [0.29, 0.717) is 22.4 Å². The molecular formula is C13H12BrN3O. The van der Waals surface area contributed by atoms with Crippen LogP contribution in [0.4, 0.5) is 5.69 Å². The fraction of sp³-hybridized carbons (Fsp3) is 0.0769. The van der Waals surface area contributed by atoms with Gasteiger partial charge in [-0.2, -0.15) is 0 Å². The Hall–Kier alpha value is -1.72. The number of nitrogens with two attached hydrogens (primary N) is 1. The molecule has 0 unspecified atom stereocenters. The van der Waals surface area contributed by atoms with E-state index in [1.165, 1.54) is 0 Å². The number of benzene rings is 1.